The predicted octanol–water partition coefficient (Wildman–Crippen LogP) is 2.44. The number of anilines is 1. The van der Waals surface area contributed by atoms with Gasteiger partial charge in [0.15, 0.2) is 0 Å². The highest BCUT2D eigenvalue weighted by Gasteiger charge is 2.29. The van der Waals surface area contributed by atoms with E-state index in [0.29, 0.717) is 0 Å². The van der Waals surface area contributed by atoms with Crippen LogP contribution in [-0.2, 0) is 21.4 Å². The number of sulfonamides is 1. The number of amides is 1. The molecule has 5 nitrogen and oxygen atoms in total. The molecule has 0 aliphatic rings. The summed E-state index contributed by atoms with van der Waals surface area (Å²) in [4.78, 5) is 12.3. The van der Waals surface area contributed by atoms with Crippen molar-refractivity contribution >= 4 is 21.6 Å². The van der Waals surface area contributed by atoms with Crippen LogP contribution in [0, 0.1) is 11.6 Å². The van der Waals surface area contributed by atoms with Crippen molar-refractivity contribution in [3.63, 3.8) is 0 Å². The lowest BCUT2D eigenvalue weighted by Gasteiger charge is -2.28. The minimum Gasteiger partial charge on any atom is -0.350 e. The molecule has 0 fully saturated rings. The van der Waals surface area contributed by atoms with Gasteiger partial charge in [-0.05, 0) is 31.2 Å². The van der Waals surface area contributed by atoms with E-state index in [1.54, 1.807) is 6.07 Å². The molecule has 0 aliphatic heterocycles. The number of carbonyl (C=O) groups excluding carboxylic acids is 1. The summed E-state index contributed by atoms with van der Waals surface area (Å²) >= 11 is 0. The standard InChI is InChI=1S/C17H18F2N2O3S/c1-12(17(22)20-11-13-6-3-4-9-16(13)19)21(25(2,23)24)15-8-5-7-14(18)10-15/h3-10,12H,11H2,1-2H3,(H,20,22). The first-order valence-corrected chi connectivity index (χ1v) is 9.31. The molecule has 0 aliphatic carbocycles. The fourth-order valence-electron chi connectivity index (χ4n) is 2.39. The van der Waals surface area contributed by atoms with Gasteiger partial charge in [-0.3, -0.25) is 9.10 Å². The summed E-state index contributed by atoms with van der Waals surface area (Å²) in [6, 6.07) is 9.75. The van der Waals surface area contributed by atoms with E-state index in [0.717, 1.165) is 16.6 Å². The lowest BCUT2D eigenvalue weighted by Crippen LogP contribution is -2.47. The van der Waals surface area contributed by atoms with Gasteiger partial charge in [-0.2, -0.15) is 0 Å². The molecule has 1 N–H and O–H groups in total. The van der Waals surface area contributed by atoms with Crippen molar-refractivity contribution in [1.29, 1.82) is 0 Å². The first-order valence-electron chi connectivity index (χ1n) is 7.46. The van der Waals surface area contributed by atoms with Gasteiger partial charge in [-0.15, -0.1) is 0 Å². The first-order chi connectivity index (χ1) is 11.7. The van der Waals surface area contributed by atoms with E-state index in [9.17, 15) is 22.0 Å². The van der Waals surface area contributed by atoms with E-state index in [1.807, 2.05) is 0 Å². The van der Waals surface area contributed by atoms with Gasteiger partial charge in [-0.1, -0.05) is 24.3 Å². The van der Waals surface area contributed by atoms with E-state index >= 15 is 0 Å². The van der Waals surface area contributed by atoms with Crippen LogP contribution in [0.25, 0.3) is 0 Å². The van der Waals surface area contributed by atoms with Gasteiger partial charge in [0.2, 0.25) is 15.9 Å². The molecule has 1 atom stereocenters. The third-order valence-electron chi connectivity index (χ3n) is 3.56. The maximum atomic E-state index is 13.6. The second-order valence-corrected chi connectivity index (χ2v) is 7.38. The fraction of sp³-hybridized carbons (Fsp3) is 0.235. The predicted molar refractivity (Wildman–Crippen MR) is 91.4 cm³/mol. The third kappa shape index (κ3) is 4.76. The van der Waals surface area contributed by atoms with Crippen LogP contribution < -0.4 is 9.62 Å². The van der Waals surface area contributed by atoms with Gasteiger partial charge in [0.25, 0.3) is 0 Å². The SMILES string of the molecule is CC(C(=O)NCc1ccccc1F)N(c1cccc(F)c1)S(C)(=O)=O. The number of nitrogens with zero attached hydrogens (tertiary/aromatic N) is 1. The molecule has 0 saturated heterocycles. The molecular weight excluding hydrogens is 350 g/mol. The van der Waals surface area contributed by atoms with Crippen molar-refractivity contribution in [3.05, 3.63) is 65.7 Å². The third-order valence-corrected chi connectivity index (χ3v) is 4.80. The normalized spacial score (nSPS) is 12.5. The number of nitrogens with one attached hydrogen (secondary N) is 1. The van der Waals surface area contributed by atoms with E-state index in [1.165, 1.54) is 43.3 Å². The molecular formula is C17H18F2N2O3S. The highest BCUT2D eigenvalue weighted by atomic mass is 32.2. The van der Waals surface area contributed by atoms with E-state index < -0.39 is 33.6 Å². The van der Waals surface area contributed by atoms with Crippen molar-refractivity contribution in [1.82, 2.24) is 5.32 Å². The van der Waals surface area contributed by atoms with Crippen molar-refractivity contribution in [2.45, 2.75) is 19.5 Å². The van der Waals surface area contributed by atoms with Gasteiger partial charge in [0.05, 0.1) is 11.9 Å². The van der Waals surface area contributed by atoms with Crippen LogP contribution in [0.2, 0.25) is 0 Å². The van der Waals surface area contributed by atoms with Crippen LogP contribution in [0.5, 0.6) is 0 Å². The quantitative estimate of drug-likeness (QED) is 0.852. The molecule has 25 heavy (non-hydrogen) atoms. The maximum absolute atomic E-state index is 13.6. The average Bonchev–Trinajstić information content (AvgIpc) is 2.52. The van der Waals surface area contributed by atoms with Crippen LogP contribution in [0.3, 0.4) is 0 Å². The number of carbonyl (C=O) groups is 1. The molecule has 0 saturated carbocycles. The van der Waals surface area contributed by atoms with Crippen LogP contribution in [0.4, 0.5) is 14.5 Å². The van der Waals surface area contributed by atoms with E-state index in [2.05, 4.69) is 5.32 Å². The topological polar surface area (TPSA) is 66.5 Å². The zero-order valence-corrected chi connectivity index (χ0v) is 14.6. The molecule has 134 valence electrons. The monoisotopic (exact) mass is 368 g/mol. The zero-order chi connectivity index (χ0) is 18.6. The molecule has 0 spiro atoms. The Hall–Kier alpha value is -2.48. The average molecular weight is 368 g/mol. The molecule has 2 aromatic rings. The second kappa shape index (κ2) is 7.60. The summed E-state index contributed by atoms with van der Waals surface area (Å²) in [5, 5.41) is 2.50. The summed E-state index contributed by atoms with van der Waals surface area (Å²) in [5.74, 6) is -1.72. The highest BCUT2D eigenvalue weighted by Crippen LogP contribution is 2.21. The van der Waals surface area contributed by atoms with Crippen molar-refractivity contribution < 1.29 is 22.0 Å². The van der Waals surface area contributed by atoms with E-state index in [-0.39, 0.29) is 17.8 Å². The number of hydrogen-bond acceptors (Lipinski definition) is 3. The molecule has 1 amide bonds. The Labute approximate surface area is 145 Å². The van der Waals surface area contributed by atoms with Gasteiger partial charge in [0.1, 0.15) is 17.7 Å². The molecule has 0 bridgehead atoms. The van der Waals surface area contributed by atoms with Crippen molar-refractivity contribution in [2.75, 3.05) is 10.6 Å². The summed E-state index contributed by atoms with van der Waals surface area (Å²) in [7, 11) is -3.84. The largest absolute Gasteiger partial charge is 0.350 e. The molecule has 8 heteroatoms. The zero-order valence-electron chi connectivity index (χ0n) is 13.7. The Kier molecular flexibility index (Phi) is 5.73. The second-order valence-electron chi connectivity index (χ2n) is 5.52. The van der Waals surface area contributed by atoms with Crippen LogP contribution in [0.1, 0.15) is 12.5 Å². The molecule has 2 rings (SSSR count). The summed E-state index contributed by atoms with van der Waals surface area (Å²) in [6.07, 6.45) is 0.929. The Morgan fingerprint density at radius 1 is 1.16 bits per heavy atom. The maximum Gasteiger partial charge on any atom is 0.243 e. The van der Waals surface area contributed by atoms with Crippen LogP contribution in [-0.4, -0.2) is 26.6 Å². The molecule has 0 heterocycles. The highest BCUT2D eigenvalue weighted by molar-refractivity contribution is 7.92. The molecule has 2 aromatic carbocycles. The van der Waals surface area contributed by atoms with E-state index in [4.69, 9.17) is 0 Å². The first kappa shape index (κ1) is 18.9. The summed E-state index contributed by atoms with van der Waals surface area (Å²) in [5.41, 5.74) is 0.316. The fourth-order valence-corrected chi connectivity index (χ4v) is 3.56. The molecule has 0 aromatic heterocycles. The van der Waals surface area contributed by atoms with Gasteiger partial charge >= 0.3 is 0 Å². The number of halogens is 2. The Morgan fingerprint density at radius 3 is 2.44 bits per heavy atom. The summed E-state index contributed by atoms with van der Waals surface area (Å²) < 4.78 is 52.0. The minimum absolute atomic E-state index is 0.0380. The van der Waals surface area contributed by atoms with Crippen LogP contribution >= 0.6 is 0 Å². The summed E-state index contributed by atoms with van der Waals surface area (Å²) in [6.45, 7) is 1.29. The number of benzene rings is 2. The van der Waals surface area contributed by atoms with Gasteiger partial charge < -0.3 is 5.32 Å². The number of rotatable bonds is 6. The van der Waals surface area contributed by atoms with Gasteiger partial charge in [0, 0.05) is 12.1 Å². The lowest BCUT2D eigenvalue weighted by molar-refractivity contribution is -0.122. The van der Waals surface area contributed by atoms with Crippen molar-refractivity contribution in [2.24, 2.45) is 0 Å². The molecule has 0 radical (unpaired) electrons. The minimum atomic E-state index is -3.84. The van der Waals surface area contributed by atoms with Crippen LogP contribution in [0.15, 0.2) is 48.5 Å². The van der Waals surface area contributed by atoms with Gasteiger partial charge in [-0.25, -0.2) is 17.2 Å². The van der Waals surface area contributed by atoms with Crippen molar-refractivity contribution in [3.8, 4) is 0 Å². The Bertz CT molecular complexity index is 872. The Balaban J connectivity index is 2.20. The number of hydrogen-bond donors (Lipinski definition) is 1. The lowest BCUT2D eigenvalue weighted by atomic mass is 10.2. The smallest absolute Gasteiger partial charge is 0.243 e. The molecule has 1 unspecified atom stereocenters. The Morgan fingerprint density at radius 2 is 1.84 bits per heavy atom.